The van der Waals surface area contributed by atoms with E-state index in [9.17, 15) is 0 Å². The molecule has 0 aliphatic rings. The number of hydrogen-bond donors (Lipinski definition) is 1. The molecule has 0 aliphatic heterocycles. The minimum atomic E-state index is 0.639. The van der Waals surface area contributed by atoms with Crippen molar-refractivity contribution in [2.75, 3.05) is 13.7 Å². The Morgan fingerprint density at radius 2 is 2.00 bits per heavy atom. The third-order valence-electron chi connectivity index (χ3n) is 3.16. The molecule has 0 radical (unpaired) electrons. The molecule has 0 aliphatic carbocycles. The van der Waals surface area contributed by atoms with Gasteiger partial charge in [-0.25, -0.2) is 9.97 Å². The highest BCUT2D eigenvalue weighted by molar-refractivity contribution is 5.35. The van der Waals surface area contributed by atoms with Crippen molar-refractivity contribution in [3.05, 3.63) is 53.6 Å². The summed E-state index contributed by atoms with van der Waals surface area (Å²) in [4.78, 5) is 8.97. The second kappa shape index (κ2) is 7.74. The largest absolute Gasteiger partial charge is 0.496 e. The molecule has 1 aromatic carbocycles. The Hall–Kier alpha value is -1.94. The SMILES string of the molecule is COc1ccccc1Cc1nccc(CNCC(C)C)n1. The van der Waals surface area contributed by atoms with Crippen molar-refractivity contribution in [2.45, 2.75) is 26.8 Å². The lowest BCUT2D eigenvalue weighted by atomic mass is 10.1. The van der Waals surface area contributed by atoms with Gasteiger partial charge in [0.15, 0.2) is 0 Å². The molecule has 112 valence electrons. The van der Waals surface area contributed by atoms with E-state index in [-0.39, 0.29) is 0 Å². The fraction of sp³-hybridized carbons (Fsp3) is 0.412. The lowest BCUT2D eigenvalue weighted by Crippen LogP contribution is -2.20. The summed E-state index contributed by atoms with van der Waals surface area (Å²) in [5, 5.41) is 3.40. The Morgan fingerprint density at radius 3 is 2.76 bits per heavy atom. The molecule has 21 heavy (non-hydrogen) atoms. The van der Waals surface area contributed by atoms with E-state index in [0.29, 0.717) is 12.3 Å². The standard InChI is InChI=1S/C17H23N3O/c1-13(2)11-18-12-15-8-9-19-17(20-15)10-14-6-4-5-7-16(14)21-3/h4-9,13,18H,10-12H2,1-3H3. The lowest BCUT2D eigenvalue weighted by Gasteiger charge is -2.09. The van der Waals surface area contributed by atoms with Crippen molar-refractivity contribution in [3.63, 3.8) is 0 Å². The Kier molecular flexibility index (Phi) is 5.69. The van der Waals surface area contributed by atoms with E-state index < -0.39 is 0 Å². The number of hydrogen-bond acceptors (Lipinski definition) is 4. The first-order valence-corrected chi connectivity index (χ1v) is 7.32. The van der Waals surface area contributed by atoms with Crippen LogP contribution in [0.2, 0.25) is 0 Å². The van der Waals surface area contributed by atoms with Gasteiger partial charge in [0.25, 0.3) is 0 Å². The number of para-hydroxylation sites is 1. The van der Waals surface area contributed by atoms with Crippen LogP contribution < -0.4 is 10.1 Å². The first kappa shape index (κ1) is 15.4. The van der Waals surface area contributed by atoms with Crippen molar-refractivity contribution >= 4 is 0 Å². The van der Waals surface area contributed by atoms with Crippen LogP contribution in [0.1, 0.15) is 30.9 Å². The summed E-state index contributed by atoms with van der Waals surface area (Å²) in [6.07, 6.45) is 2.51. The second-order valence-corrected chi connectivity index (χ2v) is 5.48. The molecule has 2 aromatic rings. The van der Waals surface area contributed by atoms with E-state index in [2.05, 4.69) is 29.1 Å². The van der Waals surface area contributed by atoms with Crippen LogP contribution in [0.5, 0.6) is 5.75 Å². The molecule has 4 heteroatoms. The first-order chi connectivity index (χ1) is 10.2. The third kappa shape index (κ3) is 4.83. The number of rotatable bonds is 7. The fourth-order valence-electron chi connectivity index (χ4n) is 2.13. The summed E-state index contributed by atoms with van der Waals surface area (Å²) < 4.78 is 5.37. The zero-order valence-electron chi connectivity index (χ0n) is 13.0. The van der Waals surface area contributed by atoms with Gasteiger partial charge in [-0.15, -0.1) is 0 Å². The summed E-state index contributed by atoms with van der Waals surface area (Å²) in [7, 11) is 1.69. The maximum absolute atomic E-state index is 5.37. The van der Waals surface area contributed by atoms with Crippen LogP contribution in [0, 0.1) is 5.92 Å². The number of ether oxygens (including phenoxy) is 1. The molecule has 0 unspecified atom stereocenters. The van der Waals surface area contributed by atoms with E-state index in [1.807, 2.05) is 36.5 Å². The highest BCUT2D eigenvalue weighted by Gasteiger charge is 2.06. The van der Waals surface area contributed by atoms with Crippen molar-refractivity contribution in [1.29, 1.82) is 0 Å². The maximum Gasteiger partial charge on any atom is 0.133 e. The van der Waals surface area contributed by atoms with Crippen LogP contribution in [-0.4, -0.2) is 23.6 Å². The van der Waals surface area contributed by atoms with Gasteiger partial charge in [-0.3, -0.25) is 0 Å². The Morgan fingerprint density at radius 1 is 1.19 bits per heavy atom. The van der Waals surface area contributed by atoms with Crippen LogP contribution in [0.4, 0.5) is 0 Å². The summed E-state index contributed by atoms with van der Waals surface area (Å²) in [6.45, 7) is 6.16. The Balaban J connectivity index is 2.03. The Bertz CT molecular complexity index is 569. The molecular weight excluding hydrogens is 262 g/mol. The molecule has 0 bridgehead atoms. The predicted molar refractivity (Wildman–Crippen MR) is 84.4 cm³/mol. The Labute approximate surface area is 126 Å². The molecule has 0 saturated carbocycles. The quantitative estimate of drug-likeness (QED) is 0.850. The summed E-state index contributed by atoms with van der Waals surface area (Å²) in [5.41, 5.74) is 2.13. The molecule has 0 spiro atoms. The van der Waals surface area contributed by atoms with Crippen molar-refractivity contribution < 1.29 is 4.74 Å². The molecular formula is C17H23N3O. The average Bonchev–Trinajstić information content (AvgIpc) is 2.48. The van der Waals surface area contributed by atoms with Gasteiger partial charge < -0.3 is 10.1 Å². The van der Waals surface area contributed by atoms with E-state index in [0.717, 1.165) is 35.9 Å². The van der Waals surface area contributed by atoms with Crippen LogP contribution in [0.25, 0.3) is 0 Å². The van der Waals surface area contributed by atoms with Gasteiger partial charge in [-0.1, -0.05) is 32.0 Å². The number of aromatic nitrogens is 2. The minimum absolute atomic E-state index is 0.639. The van der Waals surface area contributed by atoms with Gasteiger partial charge in [-0.05, 0) is 24.6 Å². The predicted octanol–water partition coefficient (Wildman–Crippen LogP) is 2.82. The van der Waals surface area contributed by atoms with Crippen molar-refractivity contribution in [1.82, 2.24) is 15.3 Å². The lowest BCUT2D eigenvalue weighted by molar-refractivity contribution is 0.410. The van der Waals surface area contributed by atoms with Crippen LogP contribution >= 0.6 is 0 Å². The smallest absolute Gasteiger partial charge is 0.133 e. The first-order valence-electron chi connectivity index (χ1n) is 7.32. The molecule has 1 aromatic heterocycles. The van der Waals surface area contributed by atoms with E-state index in [1.165, 1.54) is 0 Å². The van der Waals surface area contributed by atoms with Gasteiger partial charge in [0.1, 0.15) is 11.6 Å². The van der Waals surface area contributed by atoms with Gasteiger partial charge in [-0.2, -0.15) is 0 Å². The summed E-state index contributed by atoms with van der Waals surface area (Å²) in [6, 6.07) is 9.94. The maximum atomic E-state index is 5.37. The van der Waals surface area contributed by atoms with Gasteiger partial charge >= 0.3 is 0 Å². The highest BCUT2D eigenvalue weighted by Crippen LogP contribution is 2.19. The fourth-order valence-corrected chi connectivity index (χ4v) is 2.13. The van der Waals surface area contributed by atoms with E-state index in [4.69, 9.17) is 4.74 Å². The molecule has 2 rings (SSSR count). The second-order valence-electron chi connectivity index (χ2n) is 5.48. The zero-order chi connectivity index (χ0) is 15.1. The van der Waals surface area contributed by atoms with Crippen LogP contribution in [0.3, 0.4) is 0 Å². The summed E-state index contributed by atoms with van der Waals surface area (Å²) in [5.74, 6) is 2.34. The van der Waals surface area contributed by atoms with Crippen LogP contribution in [-0.2, 0) is 13.0 Å². The molecule has 1 heterocycles. The zero-order valence-corrected chi connectivity index (χ0v) is 13.0. The van der Waals surface area contributed by atoms with Crippen LogP contribution in [0.15, 0.2) is 36.5 Å². The molecule has 4 nitrogen and oxygen atoms in total. The number of methoxy groups -OCH3 is 1. The molecule has 0 atom stereocenters. The average molecular weight is 285 g/mol. The third-order valence-corrected chi connectivity index (χ3v) is 3.16. The molecule has 0 fully saturated rings. The van der Waals surface area contributed by atoms with Gasteiger partial charge in [0.2, 0.25) is 0 Å². The topological polar surface area (TPSA) is 47.0 Å². The van der Waals surface area contributed by atoms with Gasteiger partial charge in [0, 0.05) is 24.7 Å². The van der Waals surface area contributed by atoms with E-state index in [1.54, 1.807) is 7.11 Å². The number of benzene rings is 1. The minimum Gasteiger partial charge on any atom is -0.496 e. The summed E-state index contributed by atoms with van der Waals surface area (Å²) >= 11 is 0. The number of nitrogens with one attached hydrogen (secondary N) is 1. The molecule has 1 N–H and O–H groups in total. The normalized spacial score (nSPS) is 10.9. The van der Waals surface area contributed by atoms with Crippen molar-refractivity contribution in [3.8, 4) is 5.75 Å². The molecule has 0 saturated heterocycles. The van der Waals surface area contributed by atoms with Crippen molar-refractivity contribution in [2.24, 2.45) is 5.92 Å². The van der Waals surface area contributed by atoms with E-state index >= 15 is 0 Å². The number of nitrogens with zero attached hydrogens (tertiary/aromatic N) is 2. The van der Waals surface area contributed by atoms with Gasteiger partial charge in [0.05, 0.1) is 12.8 Å². The monoisotopic (exact) mass is 285 g/mol. The molecule has 0 amide bonds. The highest BCUT2D eigenvalue weighted by atomic mass is 16.5.